The summed E-state index contributed by atoms with van der Waals surface area (Å²) < 4.78 is 0. The normalized spacial score (nSPS) is 14.5. The summed E-state index contributed by atoms with van der Waals surface area (Å²) >= 11 is 0. The second-order valence-electron chi connectivity index (χ2n) is 5.44. The maximum absolute atomic E-state index is 3.19. The van der Waals surface area contributed by atoms with E-state index in [-0.39, 0.29) is 7.55 Å². The number of hydrogen-bond acceptors (Lipinski definition) is 1. The maximum Gasteiger partial charge on any atom is -0.00519 e. The van der Waals surface area contributed by atoms with E-state index in [0.717, 1.165) is 0 Å². The van der Waals surface area contributed by atoms with E-state index in [1.165, 1.54) is 38.6 Å². The molecule has 0 aliphatic heterocycles. The molecule has 0 aromatic heterocycles. The molecule has 1 nitrogen and oxygen atoms in total. The zero-order valence-corrected chi connectivity index (χ0v) is 12.3. The van der Waals surface area contributed by atoms with Crippen molar-refractivity contribution in [3.63, 3.8) is 0 Å². The molecule has 0 heterocycles. The zero-order valence-electron chi connectivity index (χ0n) is 11.3. The van der Waals surface area contributed by atoms with E-state index in [4.69, 9.17) is 0 Å². The van der Waals surface area contributed by atoms with Crippen molar-refractivity contribution in [2.45, 2.75) is 58.0 Å². The van der Waals surface area contributed by atoms with Crippen molar-refractivity contribution >= 4 is 13.3 Å². The van der Waals surface area contributed by atoms with Crippen LogP contribution < -0.4 is 5.32 Å². The first-order valence-corrected chi connectivity index (χ1v) is 8.38. The maximum atomic E-state index is 3.19. The fraction of sp³-hybridized carbons (Fsp3) is 0.923. The van der Waals surface area contributed by atoms with Crippen LogP contribution in [-0.4, -0.2) is 31.2 Å². The van der Waals surface area contributed by atoms with Gasteiger partial charge in [0.1, 0.15) is 0 Å². The van der Waals surface area contributed by atoms with Gasteiger partial charge in [-0.2, -0.15) is 0 Å². The Labute approximate surface area is 97.4 Å². The van der Waals surface area contributed by atoms with Gasteiger partial charge in [-0.15, -0.1) is 7.55 Å². The van der Waals surface area contributed by atoms with E-state index in [2.05, 4.69) is 38.5 Å². The number of rotatable bonds is 7. The molecule has 15 heavy (non-hydrogen) atoms. The van der Waals surface area contributed by atoms with Crippen molar-refractivity contribution in [1.29, 1.82) is 0 Å². The highest BCUT2D eigenvalue weighted by molar-refractivity contribution is 7.58. The van der Waals surface area contributed by atoms with Crippen LogP contribution >= 0.6 is 7.55 Å². The van der Waals surface area contributed by atoms with Crippen molar-refractivity contribution in [3.05, 3.63) is 0 Å². The van der Waals surface area contributed by atoms with Gasteiger partial charge in [-0.25, -0.2) is 0 Å². The predicted octanol–water partition coefficient (Wildman–Crippen LogP) is 3.60. The van der Waals surface area contributed by atoms with Crippen molar-refractivity contribution in [2.24, 2.45) is 0 Å². The van der Waals surface area contributed by atoms with Crippen LogP contribution in [0.1, 0.15) is 52.9 Å². The minimum Gasteiger partial charge on any atom is -0.320 e. The van der Waals surface area contributed by atoms with Crippen LogP contribution in [0.2, 0.25) is 0 Å². The van der Waals surface area contributed by atoms with Crippen LogP contribution in [0.15, 0.2) is 0 Å². The molecule has 0 saturated heterocycles. The molecule has 0 aromatic carbocycles. The average molecular weight is 231 g/mol. The van der Waals surface area contributed by atoms with Gasteiger partial charge in [0, 0.05) is 0 Å². The molecule has 1 atom stereocenters. The van der Waals surface area contributed by atoms with E-state index >= 15 is 0 Å². The van der Waals surface area contributed by atoms with Crippen LogP contribution in [0.4, 0.5) is 0 Å². The molecule has 0 aliphatic rings. The molecule has 0 saturated carbocycles. The Balaban J connectivity index is 3.45. The second-order valence-corrected chi connectivity index (χ2v) is 8.72. The first-order valence-electron chi connectivity index (χ1n) is 6.30. The summed E-state index contributed by atoms with van der Waals surface area (Å²) in [5, 5.41) is 3.73. The van der Waals surface area contributed by atoms with Crippen LogP contribution in [0.3, 0.4) is 0 Å². The van der Waals surface area contributed by atoms with Crippen molar-refractivity contribution in [2.75, 3.05) is 20.3 Å². The lowest BCUT2D eigenvalue weighted by molar-refractivity contribution is 0.627. The minimum atomic E-state index is -0.240. The topological polar surface area (TPSA) is 12.0 Å². The monoisotopic (exact) mass is 231 g/mol. The Bertz CT molecular complexity index is 179. The summed E-state index contributed by atoms with van der Waals surface area (Å²) in [6.45, 7) is 10.7. The summed E-state index contributed by atoms with van der Waals surface area (Å²) in [7, 11) is 1.79. The molecule has 1 unspecified atom stereocenters. The molecule has 0 bridgehead atoms. The average Bonchev–Trinajstić information content (AvgIpc) is 2.14. The minimum absolute atomic E-state index is 0.240. The largest absolute Gasteiger partial charge is 0.320 e. The summed E-state index contributed by atoms with van der Waals surface area (Å²) in [4.78, 5) is 0. The lowest BCUT2D eigenvalue weighted by Gasteiger charge is -2.20. The highest BCUT2D eigenvalue weighted by atomic mass is 31.1. The molecule has 0 radical (unpaired) electrons. The Morgan fingerprint density at radius 3 is 2.20 bits per heavy atom. The van der Waals surface area contributed by atoms with Gasteiger partial charge in [0.15, 0.2) is 0 Å². The van der Waals surface area contributed by atoms with E-state index in [0.29, 0.717) is 5.16 Å². The van der Waals surface area contributed by atoms with Crippen LogP contribution in [0.5, 0.6) is 0 Å². The first-order chi connectivity index (χ1) is 6.98. The molecule has 0 fully saturated rings. The predicted molar refractivity (Wildman–Crippen MR) is 77.1 cm³/mol. The highest BCUT2D eigenvalue weighted by Gasteiger charge is 2.09. The molecule has 0 rings (SSSR count). The summed E-state index contributed by atoms with van der Waals surface area (Å²) in [6.07, 6.45) is 6.84. The molecule has 0 aromatic rings. The lowest BCUT2D eigenvalue weighted by atomic mass is 10.1. The fourth-order valence-corrected chi connectivity index (χ4v) is 2.67. The smallest absolute Gasteiger partial charge is 0.00519 e. The molecule has 0 aliphatic carbocycles. The SMILES string of the molecule is CNCCCCCC/C=[PH](/C)C(C)(C)C. The van der Waals surface area contributed by atoms with Crippen LogP contribution in [-0.2, 0) is 0 Å². The first kappa shape index (κ1) is 15.3. The quantitative estimate of drug-likeness (QED) is 0.521. The fourth-order valence-electron chi connectivity index (χ4n) is 1.42. The van der Waals surface area contributed by atoms with E-state index in [1.54, 1.807) is 0 Å². The van der Waals surface area contributed by atoms with E-state index < -0.39 is 0 Å². The van der Waals surface area contributed by atoms with E-state index in [1.807, 2.05) is 7.05 Å². The van der Waals surface area contributed by atoms with Gasteiger partial charge in [0.25, 0.3) is 0 Å². The Kier molecular flexibility index (Phi) is 8.56. The van der Waals surface area contributed by atoms with Crippen molar-refractivity contribution in [3.8, 4) is 0 Å². The van der Waals surface area contributed by atoms with Gasteiger partial charge in [0.2, 0.25) is 0 Å². The number of hydrogen-bond donors (Lipinski definition) is 1. The van der Waals surface area contributed by atoms with E-state index in [9.17, 15) is 0 Å². The van der Waals surface area contributed by atoms with Crippen LogP contribution in [0.25, 0.3) is 0 Å². The third kappa shape index (κ3) is 9.20. The summed E-state index contributed by atoms with van der Waals surface area (Å²) in [5.74, 6) is 2.60. The van der Waals surface area contributed by atoms with Crippen molar-refractivity contribution < 1.29 is 0 Å². The molecule has 0 amide bonds. The van der Waals surface area contributed by atoms with Crippen LogP contribution in [0, 0.1) is 0 Å². The van der Waals surface area contributed by atoms with Crippen molar-refractivity contribution in [1.82, 2.24) is 5.32 Å². The molecule has 1 N–H and O–H groups in total. The molecular formula is C13H30NP. The van der Waals surface area contributed by atoms with Gasteiger partial charge in [-0.1, -0.05) is 39.4 Å². The Morgan fingerprint density at radius 2 is 1.67 bits per heavy atom. The van der Waals surface area contributed by atoms with Gasteiger partial charge < -0.3 is 5.32 Å². The Morgan fingerprint density at radius 1 is 1.07 bits per heavy atom. The molecule has 0 spiro atoms. The Hall–Kier alpha value is 0.260. The molecule has 92 valence electrons. The van der Waals surface area contributed by atoms with Gasteiger partial charge in [0.05, 0.1) is 0 Å². The summed E-state index contributed by atoms with van der Waals surface area (Å²) in [5.41, 5.74) is 0. The molecular weight excluding hydrogens is 201 g/mol. The van der Waals surface area contributed by atoms with Gasteiger partial charge in [-0.3, -0.25) is 0 Å². The third-order valence-corrected chi connectivity index (χ3v) is 6.28. The highest BCUT2D eigenvalue weighted by Crippen LogP contribution is 2.35. The summed E-state index contributed by atoms with van der Waals surface area (Å²) in [6, 6.07) is 0. The van der Waals surface area contributed by atoms with Gasteiger partial charge in [-0.05, 0) is 44.7 Å². The second kappa shape index (κ2) is 8.42. The lowest BCUT2D eigenvalue weighted by Crippen LogP contribution is -2.07. The zero-order chi connectivity index (χ0) is 11.7. The number of unbranched alkanes of at least 4 members (excludes halogenated alkanes) is 4. The number of nitrogens with one attached hydrogen (secondary N) is 1. The van der Waals surface area contributed by atoms with Gasteiger partial charge >= 0.3 is 0 Å². The standard InChI is InChI=1S/C13H30NP/c1-13(2,3)15(5)12-10-8-6-7-9-11-14-4/h12,14-15H,6-11H2,1-5H3. The third-order valence-electron chi connectivity index (χ3n) is 3.01. The molecule has 2 heteroatoms.